The summed E-state index contributed by atoms with van der Waals surface area (Å²) in [6.45, 7) is 6.88. The third-order valence-electron chi connectivity index (χ3n) is 4.79. The lowest BCUT2D eigenvalue weighted by Crippen LogP contribution is -2.41. The summed E-state index contributed by atoms with van der Waals surface area (Å²) < 4.78 is 48.2. The SMILES string of the molecule is CC1(C)OB(c2ccnc(CC(N)CC[N-]CC(F)(F)F)c2)OC1(C)C. The van der Waals surface area contributed by atoms with E-state index in [-0.39, 0.29) is 12.6 Å². The second-order valence-electron chi connectivity index (χ2n) is 7.64. The van der Waals surface area contributed by atoms with E-state index >= 15 is 0 Å². The first-order chi connectivity index (χ1) is 11.9. The Bertz CT molecular complexity index is 595. The monoisotopic (exact) mass is 372 g/mol. The van der Waals surface area contributed by atoms with E-state index in [1.807, 2.05) is 39.8 Å². The molecule has 1 aliphatic rings. The first kappa shape index (κ1) is 21.1. The molecule has 1 aliphatic heterocycles. The van der Waals surface area contributed by atoms with Crippen LogP contribution in [0.3, 0.4) is 0 Å². The smallest absolute Gasteiger partial charge is 0.494 e. The van der Waals surface area contributed by atoms with Gasteiger partial charge in [-0.25, -0.2) is 0 Å². The van der Waals surface area contributed by atoms with Crippen LogP contribution in [0, 0.1) is 0 Å². The average molecular weight is 372 g/mol. The van der Waals surface area contributed by atoms with Crippen LogP contribution in [0.2, 0.25) is 0 Å². The van der Waals surface area contributed by atoms with Gasteiger partial charge < -0.3 is 20.4 Å². The Morgan fingerprint density at radius 3 is 2.42 bits per heavy atom. The minimum atomic E-state index is -4.26. The number of pyridine rings is 1. The highest BCUT2D eigenvalue weighted by molar-refractivity contribution is 6.62. The number of halogens is 3. The highest BCUT2D eigenvalue weighted by Crippen LogP contribution is 2.36. The van der Waals surface area contributed by atoms with E-state index in [2.05, 4.69) is 10.3 Å². The van der Waals surface area contributed by atoms with Crippen LogP contribution in [0.15, 0.2) is 18.3 Å². The molecule has 0 spiro atoms. The number of rotatable bonds is 7. The molecular formula is C17H26BF3N3O2-. The molecule has 5 nitrogen and oxygen atoms in total. The fourth-order valence-electron chi connectivity index (χ4n) is 2.57. The van der Waals surface area contributed by atoms with Gasteiger partial charge in [0.2, 0.25) is 0 Å². The van der Waals surface area contributed by atoms with Crippen molar-refractivity contribution in [3.8, 4) is 0 Å². The van der Waals surface area contributed by atoms with E-state index in [1.165, 1.54) is 0 Å². The van der Waals surface area contributed by atoms with Gasteiger partial charge in [-0.05, 0) is 45.3 Å². The van der Waals surface area contributed by atoms with Gasteiger partial charge in [-0.15, -0.1) is 6.54 Å². The second kappa shape index (κ2) is 7.84. The van der Waals surface area contributed by atoms with Crippen molar-refractivity contribution in [1.29, 1.82) is 0 Å². The normalized spacial score (nSPS) is 20.4. The van der Waals surface area contributed by atoms with Crippen molar-refractivity contribution < 1.29 is 22.5 Å². The van der Waals surface area contributed by atoms with Gasteiger partial charge in [0.15, 0.2) is 0 Å². The summed E-state index contributed by atoms with van der Waals surface area (Å²) in [5.74, 6) is 0. The summed E-state index contributed by atoms with van der Waals surface area (Å²) in [5, 5.41) is 3.47. The highest BCUT2D eigenvalue weighted by atomic mass is 19.4. The van der Waals surface area contributed by atoms with E-state index < -0.39 is 31.0 Å². The molecule has 1 aromatic rings. The topological polar surface area (TPSA) is 71.5 Å². The third-order valence-corrected chi connectivity index (χ3v) is 4.79. The maximum atomic E-state index is 12.1. The van der Waals surface area contributed by atoms with Gasteiger partial charge in [-0.1, -0.05) is 13.0 Å². The maximum Gasteiger partial charge on any atom is 0.494 e. The van der Waals surface area contributed by atoms with Gasteiger partial charge in [0.25, 0.3) is 0 Å². The van der Waals surface area contributed by atoms with Gasteiger partial charge in [0.1, 0.15) is 0 Å². The number of hydrogen-bond donors (Lipinski definition) is 1. The lowest BCUT2D eigenvalue weighted by Gasteiger charge is -2.32. The van der Waals surface area contributed by atoms with Crippen molar-refractivity contribution in [2.75, 3.05) is 13.1 Å². The Labute approximate surface area is 153 Å². The molecule has 0 radical (unpaired) electrons. The van der Waals surface area contributed by atoms with E-state index in [1.54, 1.807) is 6.20 Å². The average Bonchev–Trinajstić information content (AvgIpc) is 2.71. The van der Waals surface area contributed by atoms with Gasteiger partial charge >= 0.3 is 13.3 Å². The molecule has 2 N–H and O–H groups in total. The summed E-state index contributed by atoms with van der Waals surface area (Å²) in [7, 11) is -0.486. The molecule has 0 saturated carbocycles. The molecule has 9 heteroatoms. The predicted molar refractivity (Wildman–Crippen MR) is 95.4 cm³/mol. The molecule has 1 unspecified atom stereocenters. The van der Waals surface area contributed by atoms with Crippen molar-refractivity contribution in [2.45, 2.75) is 64.0 Å². The van der Waals surface area contributed by atoms with Crippen molar-refractivity contribution in [3.63, 3.8) is 0 Å². The molecule has 1 saturated heterocycles. The lowest BCUT2D eigenvalue weighted by molar-refractivity contribution is -0.113. The Hall–Kier alpha value is -1.16. The van der Waals surface area contributed by atoms with Crippen molar-refractivity contribution in [3.05, 3.63) is 29.3 Å². The van der Waals surface area contributed by atoms with Crippen LogP contribution in [0.4, 0.5) is 13.2 Å². The number of alkyl halides is 3. The molecule has 1 aromatic heterocycles. The predicted octanol–water partition coefficient (Wildman–Crippen LogP) is 2.58. The standard InChI is InChI=1S/C17H26BF3N3O2/c1-15(2)16(3,4)26-18(25-15)12-5-8-24-14(9-12)10-13(22)6-7-23-11-17(19,20)21/h5,8-9,13H,6-7,10-11,22H2,1-4H3/q-1. The molecule has 1 atom stereocenters. The van der Waals surface area contributed by atoms with E-state index in [9.17, 15) is 13.2 Å². The van der Waals surface area contributed by atoms with Crippen LogP contribution in [0.1, 0.15) is 39.8 Å². The number of nitrogens with two attached hydrogens (primary N) is 1. The zero-order chi connectivity index (χ0) is 19.6. The first-order valence-corrected chi connectivity index (χ1v) is 8.66. The largest absolute Gasteiger partial charge is 0.655 e. The van der Waals surface area contributed by atoms with Crippen molar-refractivity contribution >= 4 is 12.6 Å². The molecule has 26 heavy (non-hydrogen) atoms. The summed E-state index contributed by atoms with van der Waals surface area (Å²) in [4.78, 5) is 4.29. The Kier molecular flexibility index (Phi) is 6.38. The molecule has 0 bridgehead atoms. The van der Waals surface area contributed by atoms with Crippen LogP contribution in [-0.4, -0.2) is 48.6 Å². The summed E-state index contributed by atoms with van der Waals surface area (Å²) >= 11 is 0. The number of nitrogens with zero attached hydrogens (tertiary/aromatic N) is 2. The van der Waals surface area contributed by atoms with E-state index in [0.717, 1.165) is 11.2 Å². The Morgan fingerprint density at radius 2 is 1.85 bits per heavy atom. The minimum absolute atomic E-state index is 0.0809. The van der Waals surface area contributed by atoms with Crippen molar-refractivity contribution in [2.24, 2.45) is 5.73 Å². The van der Waals surface area contributed by atoms with Crippen LogP contribution in [0.5, 0.6) is 0 Å². The van der Waals surface area contributed by atoms with Gasteiger partial charge in [0.05, 0.1) is 11.2 Å². The maximum absolute atomic E-state index is 12.1. The van der Waals surface area contributed by atoms with E-state index in [4.69, 9.17) is 15.0 Å². The highest BCUT2D eigenvalue weighted by Gasteiger charge is 2.51. The molecule has 0 amide bonds. The summed E-state index contributed by atoms with van der Waals surface area (Å²) in [5.41, 5.74) is 6.74. The molecule has 146 valence electrons. The summed E-state index contributed by atoms with van der Waals surface area (Å²) in [6, 6.07) is 3.39. The number of aromatic nitrogens is 1. The Morgan fingerprint density at radius 1 is 1.23 bits per heavy atom. The van der Waals surface area contributed by atoms with Crippen LogP contribution >= 0.6 is 0 Å². The van der Waals surface area contributed by atoms with Crippen LogP contribution in [0.25, 0.3) is 5.32 Å². The molecule has 2 heterocycles. The second-order valence-corrected chi connectivity index (χ2v) is 7.64. The quantitative estimate of drug-likeness (QED) is 0.590. The van der Waals surface area contributed by atoms with Crippen molar-refractivity contribution in [1.82, 2.24) is 4.98 Å². The molecular weight excluding hydrogens is 346 g/mol. The van der Waals surface area contributed by atoms with Crippen LogP contribution < -0.4 is 11.2 Å². The molecule has 2 rings (SSSR count). The number of hydrogen-bond acceptors (Lipinski definition) is 4. The lowest BCUT2D eigenvalue weighted by atomic mass is 9.79. The molecule has 0 aliphatic carbocycles. The molecule has 0 aromatic carbocycles. The third kappa shape index (κ3) is 5.67. The first-order valence-electron chi connectivity index (χ1n) is 8.66. The van der Waals surface area contributed by atoms with E-state index in [0.29, 0.717) is 12.8 Å². The van der Waals surface area contributed by atoms with Crippen LogP contribution in [-0.2, 0) is 15.7 Å². The summed E-state index contributed by atoms with van der Waals surface area (Å²) in [6.07, 6.45) is -1.77. The van der Waals surface area contributed by atoms with Gasteiger partial charge in [-0.2, -0.15) is 13.2 Å². The minimum Gasteiger partial charge on any atom is -0.655 e. The van der Waals surface area contributed by atoms with Gasteiger partial charge in [-0.3, -0.25) is 4.98 Å². The van der Waals surface area contributed by atoms with Gasteiger partial charge in [0, 0.05) is 24.4 Å². The molecule has 1 fully saturated rings. The fourth-order valence-corrected chi connectivity index (χ4v) is 2.57. The zero-order valence-corrected chi connectivity index (χ0v) is 15.6. The Balaban J connectivity index is 1.89. The zero-order valence-electron chi connectivity index (χ0n) is 15.6. The fraction of sp³-hybridized carbons (Fsp3) is 0.706.